The van der Waals surface area contributed by atoms with Gasteiger partial charge >= 0.3 is 0 Å². The van der Waals surface area contributed by atoms with Crippen LogP contribution in [-0.4, -0.2) is 5.11 Å². The van der Waals surface area contributed by atoms with Crippen LogP contribution in [0.15, 0.2) is 24.3 Å². The highest BCUT2D eigenvalue weighted by atomic mass is 16.3. The van der Waals surface area contributed by atoms with Crippen molar-refractivity contribution in [3.63, 3.8) is 0 Å². The Labute approximate surface area is 150 Å². The number of hydrogen-bond donors (Lipinski definition) is 1. The molecule has 0 radical (unpaired) electrons. The highest BCUT2D eigenvalue weighted by Crippen LogP contribution is 2.44. The van der Waals surface area contributed by atoms with Gasteiger partial charge in [0.15, 0.2) is 0 Å². The molecule has 0 fully saturated rings. The lowest BCUT2D eigenvalue weighted by Crippen LogP contribution is -2.25. The number of phenols is 1. The van der Waals surface area contributed by atoms with E-state index in [-0.39, 0.29) is 0 Å². The van der Waals surface area contributed by atoms with Crippen LogP contribution in [0, 0.1) is 22.7 Å². The first kappa shape index (κ1) is 21.1. The Morgan fingerprint density at radius 2 is 1.50 bits per heavy atom. The molecule has 0 aliphatic heterocycles. The summed E-state index contributed by atoms with van der Waals surface area (Å²) in [6.07, 6.45) is 4.79. The minimum atomic E-state index is 0.296. The van der Waals surface area contributed by atoms with Crippen molar-refractivity contribution in [3.05, 3.63) is 29.8 Å². The zero-order chi connectivity index (χ0) is 18.5. The monoisotopic (exact) mass is 332 g/mol. The summed E-state index contributed by atoms with van der Waals surface area (Å²) in [7, 11) is 0. The van der Waals surface area contributed by atoms with Crippen molar-refractivity contribution in [3.8, 4) is 5.75 Å². The highest BCUT2D eigenvalue weighted by molar-refractivity contribution is 5.35. The molecule has 0 bridgehead atoms. The quantitative estimate of drug-likeness (QED) is 0.551. The predicted molar refractivity (Wildman–Crippen MR) is 107 cm³/mol. The molecule has 1 rings (SSSR count). The van der Waals surface area contributed by atoms with Gasteiger partial charge in [-0.15, -0.1) is 0 Å². The lowest BCUT2D eigenvalue weighted by atomic mass is 9.68. The zero-order valence-electron chi connectivity index (χ0n) is 17.3. The highest BCUT2D eigenvalue weighted by Gasteiger charge is 2.31. The molecule has 1 aromatic carbocycles. The maximum absolute atomic E-state index is 10.4. The van der Waals surface area contributed by atoms with Crippen molar-refractivity contribution in [2.45, 2.75) is 87.0 Å². The minimum absolute atomic E-state index is 0.296. The third-order valence-corrected chi connectivity index (χ3v) is 5.92. The van der Waals surface area contributed by atoms with Crippen LogP contribution in [0.1, 0.15) is 92.6 Å². The van der Waals surface area contributed by atoms with Crippen molar-refractivity contribution >= 4 is 0 Å². The third kappa shape index (κ3) is 6.15. The molecule has 138 valence electrons. The Hall–Kier alpha value is -0.980. The second kappa shape index (κ2) is 8.41. The maximum Gasteiger partial charge on any atom is 0.119 e. The van der Waals surface area contributed by atoms with E-state index in [0.717, 1.165) is 18.4 Å². The van der Waals surface area contributed by atoms with E-state index in [1.165, 1.54) is 12.8 Å². The largest absolute Gasteiger partial charge is 0.508 e. The number of hydrogen-bond acceptors (Lipinski definition) is 1. The third-order valence-electron chi connectivity index (χ3n) is 5.92. The van der Waals surface area contributed by atoms with Gasteiger partial charge in [-0.1, -0.05) is 86.4 Å². The number of para-hydroxylation sites is 1. The molecule has 0 amide bonds. The molecule has 1 N–H and O–H groups in total. The van der Waals surface area contributed by atoms with Gasteiger partial charge in [-0.2, -0.15) is 0 Å². The number of benzene rings is 1. The van der Waals surface area contributed by atoms with Crippen molar-refractivity contribution in [1.29, 1.82) is 0 Å². The van der Waals surface area contributed by atoms with Crippen LogP contribution < -0.4 is 0 Å². The SMILES string of the molecule is CCCC(CC(CC(C)C(C)(C)C)c1ccccc1O)C(C)(C)C. The van der Waals surface area contributed by atoms with Crippen LogP contribution in [0.3, 0.4) is 0 Å². The molecular formula is C23H40O. The van der Waals surface area contributed by atoms with E-state index >= 15 is 0 Å². The van der Waals surface area contributed by atoms with Crippen molar-refractivity contribution in [1.82, 2.24) is 0 Å². The Balaban J connectivity index is 3.11. The summed E-state index contributed by atoms with van der Waals surface area (Å²) in [6.45, 7) is 18.7. The van der Waals surface area contributed by atoms with E-state index in [0.29, 0.717) is 34.3 Å². The summed E-state index contributed by atoms with van der Waals surface area (Å²) < 4.78 is 0. The summed E-state index contributed by atoms with van der Waals surface area (Å²) >= 11 is 0. The molecule has 1 heteroatoms. The van der Waals surface area contributed by atoms with Crippen molar-refractivity contribution < 1.29 is 5.11 Å². The maximum atomic E-state index is 10.4. The number of aromatic hydroxyl groups is 1. The lowest BCUT2D eigenvalue weighted by molar-refractivity contribution is 0.171. The summed E-state index contributed by atoms with van der Waals surface area (Å²) in [5.74, 6) is 2.19. The Morgan fingerprint density at radius 3 is 1.96 bits per heavy atom. The van der Waals surface area contributed by atoms with Crippen LogP contribution in [0.5, 0.6) is 5.75 Å². The van der Waals surface area contributed by atoms with Crippen LogP contribution in [0.2, 0.25) is 0 Å². The zero-order valence-corrected chi connectivity index (χ0v) is 17.3. The fraction of sp³-hybridized carbons (Fsp3) is 0.739. The van der Waals surface area contributed by atoms with Gasteiger partial charge in [-0.25, -0.2) is 0 Å². The number of phenolic OH excluding ortho intramolecular Hbond substituents is 1. The van der Waals surface area contributed by atoms with Crippen LogP contribution in [0.4, 0.5) is 0 Å². The standard InChI is InChI=1S/C23H40O/c1-9-12-19(23(6,7)8)16-18(15-17(2)22(3,4)5)20-13-10-11-14-21(20)24/h10-11,13-14,17-19,24H,9,12,15-16H2,1-8H3. The molecule has 0 saturated heterocycles. The average molecular weight is 333 g/mol. The van der Waals surface area contributed by atoms with Gasteiger partial charge in [-0.05, 0) is 53.1 Å². The summed E-state index contributed by atoms with van der Waals surface area (Å²) in [5, 5.41) is 10.4. The van der Waals surface area contributed by atoms with Gasteiger partial charge in [0.25, 0.3) is 0 Å². The van der Waals surface area contributed by atoms with Gasteiger partial charge < -0.3 is 5.11 Å². The van der Waals surface area contributed by atoms with Gasteiger partial charge in [0.2, 0.25) is 0 Å². The van der Waals surface area contributed by atoms with Crippen LogP contribution in [0.25, 0.3) is 0 Å². The van der Waals surface area contributed by atoms with E-state index in [1.54, 1.807) is 0 Å². The van der Waals surface area contributed by atoms with E-state index in [9.17, 15) is 5.11 Å². The van der Waals surface area contributed by atoms with E-state index in [4.69, 9.17) is 0 Å². The van der Waals surface area contributed by atoms with Crippen molar-refractivity contribution in [2.24, 2.45) is 22.7 Å². The first-order chi connectivity index (χ1) is 11.0. The van der Waals surface area contributed by atoms with Gasteiger partial charge in [-0.3, -0.25) is 0 Å². The molecule has 1 nitrogen and oxygen atoms in total. The van der Waals surface area contributed by atoms with Crippen LogP contribution >= 0.6 is 0 Å². The molecule has 1 aromatic rings. The normalized spacial score (nSPS) is 16.7. The predicted octanol–water partition coefficient (Wildman–Crippen LogP) is 7.40. The van der Waals surface area contributed by atoms with E-state index in [2.05, 4.69) is 67.5 Å². The fourth-order valence-electron chi connectivity index (χ4n) is 3.56. The minimum Gasteiger partial charge on any atom is -0.508 e. The molecule has 0 aromatic heterocycles. The average Bonchev–Trinajstić information content (AvgIpc) is 2.44. The molecule has 0 aliphatic carbocycles. The van der Waals surface area contributed by atoms with E-state index < -0.39 is 0 Å². The summed E-state index contributed by atoms with van der Waals surface area (Å²) in [4.78, 5) is 0. The Kier molecular flexibility index (Phi) is 7.38. The smallest absolute Gasteiger partial charge is 0.119 e. The van der Waals surface area contributed by atoms with Gasteiger partial charge in [0, 0.05) is 0 Å². The molecule has 0 heterocycles. The first-order valence-electron chi connectivity index (χ1n) is 9.74. The summed E-state index contributed by atoms with van der Waals surface area (Å²) in [5.41, 5.74) is 1.74. The molecule has 3 unspecified atom stereocenters. The summed E-state index contributed by atoms with van der Waals surface area (Å²) in [6, 6.07) is 7.96. The van der Waals surface area contributed by atoms with Crippen molar-refractivity contribution in [2.75, 3.05) is 0 Å². The molecular weight excluding hydrogens is 292 g/mol. The Bertz CT molecular complexity index is 489. The molecule has 0 spiro atoms. The lowest BCUT2D eigenvalue weighted by Gasteiger charge is -2.37. The first-order valence-corrected chi connectivity index (χ1v) is 9.74. The topological polar surface area (TPSA) is 20.2 Å². The van der Waals surface area contributed by atoms with Gasteiger partial charge in [0.05, 0.1) is 0 Å². The van der Waals surface area contributed by atoms with Gasteiger partial charge in [0.1, 0.15) is 5.75 Å². The van der Waals surface area contributed by atoms with Crippen LogP contribution in [-0.2, 0) is 0 Å². The molecule has 24 heavy (non-hydrogen) atoms. The second-order valence-corrected chi connectivity index (χ2v) is 9.85. The molecule has 0 saturated carbocycles. The second-order valence-electron chi connectivity index (χ2n) is 9.85. The molecule has 0 aliphatic rings. The fourth-order valence-corrected chi connectivity index (χ4v) is 3.56. The molecule has 3 atom stereocenters. The Morgan fingerprint density at radius 1 is 0.917 bits per heavy atom. The number of rotatable bonds is 7. The van der Waals surface area contributed by atoms with E-state index in [1.807, 2.05) is 12.1 Å².